The van der Waals surface area contributed by atoms with Crippen LogP contribution in [0.25, 0.3) is 0 Å². The first kappa shape index (κ1) is 13.0. The van der Waals surface area contributed by atoms with E-state index in [2.05, 4.69) is 31.0 Å². The van der Waals surface area contributed by atoms with Crippen LogP contribution in [0.3, 0.4) is 0 Å². The maximum absolute atomic E-state index is 3.53. The molecule has 1 saturated heterocycles. The summed E-state index contributed by atoms with van der Waals surface area (Å²) >= 11 is 0. The molecule has 1 rings (SSSR count). The molecule has 0 amide bonds. The summed E-state index contributed by atoms with van der Waals surface area (Å²) in [7, 11) is 0. The molecule has 90 valence electrons. The molecule has 1 unspecified atom stereocenters. The molecule has 0 aromatic heterocycles. The van der Waals surface area contributed by atoms with Crippen molar-refractivity contribution in [2.45, 2.75) is 46.5 Å². The van der Waals surface area contributed by atoms with Crippen LogP contribution in [0.1, 0.15) is 46.5 Å². The van der Waals surface area contributed by atoms with Gasteiger partial charge in [0.2, 0.25) is 0 Å². The second-order valence-corrected chi connectivity index (χ2v) is 5.31. The van der Waals surface area contributed by atoms with Gasteiger partial charge < -0.3 is 10.2 Å². The van der Waals surface area contributed by atoms with Crippen molar-refractivity contribution in [2.24, 2.45) is 5.41 Å². The van der Waals surface area contributed by atoms with Crippen LogP contribution in [0.2, 0.25) is 0 Å². The Hall–Kier alpha value is -0.0800. The lowest BCUT2D eigenvalue weighted by molar-refractivity contribution is 0.136. The Morgan fingerprint density at radius 2 is 2.13 bits per heavy atom. The van der Waals surface area contributed by atoms with Crippen LogP contribution < -0.4 is 5.32 Å². The molecule has 0 aliphatic carbocycles. The van der Waals surface area contributed by atoms with Crippen molar-refractivity contribution >= 4 is 0 Å². The molecule has 0 saturated carbocycles. The maximum Gasteiger partial charge on any atom is 0.00474 e. The molecule has 15 heavy (non-hydrogen) atoms. The zero-order valence-electron chi connectivity index (χ0n) is 10.8. The first-order valence-corrected chi connectivity index (χ1v) is 6.63. The van der Waals surface area contributed by atoms with Crippen molar-refractivity contribution in [1.82, 2.24) is 10.2 Å². The second-order valence-electron chi connectivity index (χ2n) is 5.31. The van der Waals surface area contributed by atoms with E-state index in [1.807, 2.05) is 0 Å². The van der Waals surface area contributed by atoms with Gasteiger partial charge >= 0.3 is 0 Å². The normalized spacial score (nSPS) is 27.2. The van der Waals surface area contributed by atoms with Crippen molar-refractivity contribution in [3.63, 3.8) is 0 Å². The lowest BCUT2D eigenvalue weighted by atomic mass is 9.82. The first-order chi connectivity index (χ1) is 7.20. The maximum atomic E-state index is 3.53. The van der Waals surface area contributed by atoms with Gasteiger partial charge in [-0.25, -0.2) is 0 Å². The van der Waals surface area contributed by atoms with Crippen LogP contribution in [0.15, 0.2) is 0 Å². The predicted molar refractivity (Wildman–Crippen MR) is 67.2 cm³/mol. The summed E-state index contributed by atoms with van der Waals surface area (Å²) in [5.41, 5.74) is 0.516. The molecule has 2 nitrogen and oxygen atoms in total. The van der Waals surface area contributed by atoms with Gasteiger partial charge in [-0.2, -0.15) is 0 Å². The van der Waals surface area contributed by atoms with Gasteiger partial charge in [-0.05, 0) is 44.3 Å². The van der Waals surface area contributed by atoms with Crippen LogP contribution in [0.5, 0.6) is 0 Å². The summed E-state index contributed by atoms with van der Waals surface area (Å²) in [4.78, 5) is 2.62. The molecule has 0 spiro atoms. The third-order valence-corrected chi connectivity index (χ3v) is 3.57. The summed E-state index contributed by atoms with van der Waals surface area (Å²) < 4.78 is 0. The number of nitrogens with one attached hydrogen (secondary N) is 1. The van der Waals surface area contributed by atoms with Gasteiger partial charge in [-0.15, -0.1) is 0 Å². The molecule has 0 aromatic rings. The fourth-order valence-corrected chi connectivity index (χ4v) is 2.52. The number of hydrogen-bond donors (Lipinski definition) is 1. The third kappa shape index (κ3) is 4.52. The van der Waals surface area contributed by atoms with Crippen molar-refractivity contribution in [3.8, 4) is 0 Å². The van der Waals surface area contributed by atoms with Gasteiger partial charge in [-0.1, -0.05) is 27.2 Å². The van der Waals surface area contributed by atoms with Gasteiger partial charge in [0.05, 0.1) is 0 Å². The van der Waals surface area contributed by atoms with Crippen LogP contribution in [0.4, 0.5) is 0 Å². The smallest absolute Gasteiger partial charge is 0.00474 e. The summed E-state index contributed by atoms with van der Waals surface area (Å²) in [6.07, 6.45) is 5.40. The van der Waals surface area contributed by atoms with E-state index in [-0.39, 0.29) is 0 Å². The quantitative estimate of drug-likeness (QED) is 0.728. The number of hydrogen-bond acceptors (Lipinski definition) is 2. The Bertz CT molecular complexity index is 162. The zero-order valence-corrected chi connectivity index (χ0v) is 10.8. The summed E-state index contributed by atoms with van der Waals surface area (Å²) in [6, 6.07) is 0. The Balaban J connectivity index is 2.34. The highest BCUT2D eigenvalue weighted by Crippen LogP contribution is 2.26. The van der Waals surface area contributed by atoms with E-state index in [1.54, 1.807) is 0 Å². The molecule has 1 atom stereocenters. The number of nitrogens with zero attached hydrogens (tertiary/aromatic N) is 1. The minimum Gasteiger partial charge on any atom is -0.316 e. The highest BCUT2D eigenvalue weighted by Gasteiger charge is 2.28. The Morgan fingerprint density at radius 1 is 1.33 bits per heavy atom. The van der Waals surface area contributed by atoms with Gasteiger partial charge in [0.25, 0.3) is 0 Å². The fraction of sp³-hybridized carbons (Fsp3) is 1.00. The molecule has 2 heteroatoms. The summed E-state index contributed by atoms with van der Waals surface area (Å²) in [6.45, 7) is 13.2. The van der Waals surface area contributed by atoms with Gasteiger partial charge in [0.1, 0.15) is 0 Å². The van der Waals surface area contributed by atoms with Gasteiger partial charge in [0.15, 0.2) is 0 Å². The molecule has 1 N–H and O–H groups in total. The Kier molecular flexibility index (Phi) is 5.62. The molecule has 1 fully saturated rings. The van der Waals surface area contributed by atoms with E-state index >= 15 is 0 Å². The number of unbranched alkanes of at least 4 members (excludes halogenated alkanes) is 1. The second kappa shape index (κ2) is 6.49. The van der Waals surface area contributed by atoms with Gasteiger partial charge in [-0.3, -0.25) is 0 Å². The lowest BCUT2D eigenvalue weighted by Gasteiger charge is -2.38. The van der Waals surface area contributed by atoms with Crippen molar-refractivity contribution in [2.75, 3.05) is 32.7 Å². The lowest BCUT2D eigenvalue weighted by Crippen LogP contribution is -2.46. The molecule has 1 aliphatic rings. The van der Waals surface area contributed by atoms with E-state index < -0.39 is 0 Å². The topological polar surface area (TPSA) is 15.3 Å². The number of rotatable bonds is 6. The van der Waals surface area contributed by atoms with Crippen LogP contribution in [-0.4, -0.2) is 37.6 Å². The molecule has 0 bridgehead atoms. The van der Waals surface area contributed by atoms with Crippen LogP contribution in [0, 0.1) is 5.41 Å². The molecule has 1 aliphatic heterocycles. The van der Waals surface area contributed by atoms with E-state index in [4.69, 9.17) is 0 Å². The van der Waals surface area contributed by atoms with E-state index in [9.17, 15) is 0 Å². The third-order valence-electron chi connectivity index (χ3n) is 3.57. The zero-order chi connectivity index (χ0) is 11.1. The van der Waals surface area contributed by atoms with Crippen LogP contribution in [-0.2, 0) is 0 Å². The Labute approximate surface area is 95.4 Å². The minimum atomic E-state index is 0.516. The molecular formula is C13H28N2. The molecule has 0 aromatic carbocycles. The van der Waals surface area contributed by atoms with Crippen molar-refractivity contribution < 1.29 is 0 Å². The van der Waals surface area contributed by atoms with Crippen molar-refractivity contribution in [1.29, 1.82) is 0 Å². The first-order valence-electron chi connectivity index (χ1n) is 6.63. The minimum absolute atomic E-state index is 0.516. The van der Waals surface area contributed by atoms with E-state index in [0.29, 0.717) is 5.41 Å². The van der Waals surface area contributed by atoms with E-state index in [1.165, 1.54) is 58.4 Å². The molecular weight excluding hydrogens is 184 g/mol. The summed E-state index contributed by atoms with van der Waals surface area (Å²) in [5, 5.41) is 3.53. The molecule has 1 heterocycles. The van der Waals surface area contributed by atoms with E-state index in [0.717, 1.165) is 0 Å². The molecule has 0 radical (unpaired) electrons. The highest BCUT2D eigenvalue weighted by molar-refractivity contribution is 4.84. The van der Waals surface area contributed by atoms with Crippen LogP contribution >= 0.6 is 0 Å². The van der Waals surface area contributed by atoms with Gasteiger partial charge in [0, 0.05) is 13.1 Å². The average molecular weight is 212 g/mol. The predicted octanol–water partition coefficient (Wildman–Crippen LogP) is 2.50. The average Bonchev–Trinajstić information content (AvgIpc) is 2.25. The standard InChI is InChI=1S/C13H28N2/c1-4-6-10-15(5-2)12-13(3)8-7-9-14-11-13/h14H,4-12H2,1-3H3. The SMILES string of the molecule is CCCCN(CC)CC1(C)CCCNC1. The number of piperidine rings is 1. The van der Waals surface area contributed by atoms with Crippen molar-refractivity contribution in [3.05, 3.63) is 0 Å². The fourth-order valence-electron chi connectivity index (χ4n) is 2.52. The monoisotopic (exact) mass is 212 g/mol. The largest absolute Gasteiger partial charge is 0.316 e. The highest BCUT2D eigenvalue weighted by atomic mass is 15.1. The Morgan fingerprint density at radius 3 is 2.67 bits per heavy atom. The summed E-state index contributed by atoms with van der Waals surface area (Å²) in [5.74, 6) is 0.